The first-order valence-electron chi connectivity index (χ1n) is 9.32. The van der Waals surface area contributed by atoms with Gasteiger partial charge in [0, 0.05) is 13.2 Å². The molecule has 3 N–H and O–H groups in total. The molecule has 1 amide bonds. The average Bonchev–Trinajstić information content (AvgIpc) is 2.59. The second-order valence-corrected chi connectivity index (χ2v) is 4.88. The number of rotatable bonds is 12. The molecular formula is C18H42N2O3. The first-order chi connectivity index (χ1) is 11.1. The molecule has 0 saturated carbocycles. The second kappa shape index (κ2) is 26.3. The van der Waals surface area contributed by atoms with Crippen molar-refractivity contribution < 1.29 is 14.3 Å². The fraction of sp³-hybridized carbons (Fsp3) is 0.944. The molecule has 0 aromatic rings. The number of unbranched alkanes of at least 4 members (excludes halogenated alkanes) is 2. The lowest BCUT2D eigenvalue weighted by Crippen LogP contribution is -2.41. The molecule has 0 aromatic carbocycles. The van der Waals surface area contributed by atoms with Crippen LogP contribution in [0.25, 0.3) is 0 Å². The van der Waals surface area contributed by atoms with Gasteiger partial charge in [0.2, 0.25) is 5.91 Å². The zero-order chi connectivity index (χ0) is 18.3. The topological polar surface area (TPSA) is 73.6 Å². The SMILES string of the molecule is CC.CCCCC.CCCOCCOCCNC(=O)C(N)CC. The van der Waals surface area contributed by atoms with Gasteiger partial charge in [-0.2, -0.15) is 0 Å². The first-order valence-corrected chi connectivity index (χ1v) is 9.32. The van der Waals surface area contributed by atoms with Crippen LogP contribution in [0.4, 0.5) is 0 Å². The fourth-order valence-corrected chi connectivity index (χ4v) is 1.38. The Bertz CT molecular complexity index is 212. The number of nitrogens with two attached hydrogens (primary N) is 1. The van der Waals surface area contributed by atoms with Crippen molar-refractivity contribution in [3.8, 4) is 0 Å². The predicted octanol–water partition coefficient (Wildman–Crippen LogP) is 3.51. The molecule has 1 atom stereocenters. The maximum absolute atomic E-state index is 11.2. The summed E-state index contributed by atoms with van der Waals surface area (Å²) in [5.41, 5.74) is 5.54. The number of hydrogen-bond acceptors (Lipinski definition) is 4. The molecule has 23 heavy (non-hydrogen) atoms. The van der Waals surface area contributed by atoms with Crippen molar-refractivity contribution in [2.45, 2.75) is 79.7 Å². The summed E-state index contributed by atoms with van der Waals surface area (Å²) in [6.07, 6.45) is 5.75. The van der Waals surface area contributed by atoms with Gasteiger partial charge in [0.15, 0.2) is 0 Å². The van der Waals surface area contributed by atoms with Crippen LogP contribution in [0.3, 0.4) is 0 Å². The summed E-state index contributed by atoms with van der Waals surface area (Å²) in [6.45, 7) is 15.3. The summed E-state index contributed by atoms with van der Waals surface area (Å²) >= 11 is 0. The lowest BCUT2D eigenvalue weighted by Gasteiger charge is -2.10. The summed E-state index contributed by atoms with van der Waals surface area (Å²) < 4.78 is 10.5. The predicted molar refractivity (Wildman–Crippen MR) is 99.8 cm³/mol. The molecule has 0 aliphatic rings. The van der Waals surface area contributed by atoms with E-state index in [0.717, 1.165) is 13.0 Å². The zero-order valence-corrected chi connectivity index (χ0v) is 16.5. The third kappa shape index (κ3) is 26.6. The summed E-state index contributed by atoms with van der Waals surface area (Å²) in [5, 5.41) is 2.71. The number of carbonyl (C=O) groups is 1. The van der Waals surface area contributed by atoms with Crippen LogP contribution >= 0.6 is 0 Å². The molecule has 5 heteroatoms. The Balaban J connectivity index is -0.000000483. The van der Waals surface area contributed by atoms with Gasteiger partial charge in [0.1, 0.15) is 0 Å². The largest absolute Gasteiger partial charge is 0.379 e. The Morgan fingerprint density at radius 3 is 1.83 bits per heavy atom. The highest BCUT2D eigenvalue weighted by Crippen LogP contribution is 1.88. The molecule has 0 aromatic heterocycles. The molecular weight excluding hydrogens is 292 g/mol. The fourth-order valence-electron chi connectivity index (χ4n) is 1.38. The Hall–Kier alpha value is -0.650. The zero-order valence-electron chi connectivity index (χ0n) is 16.5. The Kier molecular flexibility index (Phi) is 31.1. The van der Waals surface area contributed by atoms with Gasteiger partial charge < -0.3 is 20.5 Å². The minimum atomic E-state index is -0.409. The van der Waals surface area contributed by atoms with Crippen LogP contribution in [0.1, 0.15) is 73.6 Å². The standard InChI is InChI=1S/C11H24N2O3.C5H12.C2H6/c1-3-6-15-8-9-16-7-5-13-11(14)10(12)4-2;1-3-5-4-2;1-2/h10H,3-9,12H2,1-2H3,(H,13,14);3-5H2,1-2H3;1-2H3. The molecule has 0 radical (unpaired) electrons. The number of nitrogens with one attached hydrogen (secondary N) is 1. The van der Waals surface area contributed by atoms with Crippen LogP contribution in [0.15, 0.2) is 0 Å². The third-order valence-corrected chi connectivity index (χ3v) is 2.75. The van der Waals surface area contributed by atoms with E-state index >= 15 is 0 Å². The van der Waals surface area contributed by atoms with E-state index < -0.39 is 6.04 Å². The normalized spacial score (nSPS) is 10.7. The summed E-state index contributed by atoms with van der Waals surface area (Å²) in [7, 11) is 0. The molecule has 5 nitrogen and oxygen atoms in total. The number of amides is 1. The number of carbonyl (C=O) groups excluding carboxylic acids is 1. The Morgan fingerprint density at radius 2 is 1.43 bits per heavy atom. The van der Waals surface area contributed by atoms with Crippen molar-refractivity contribution in [1.29, 1.82) is 0 Å². The van der Waals surface area contributed by atoms with Crippen molar-refractivity contribution in [3.63, 3.8) is 0 Å². The molecule has 0 saturated heterocycles. The number of hydrogen-bond donors (Lipinski definition) is 2. The first kappa shape index (κ1) is 27.2. The van der Waals surface area contributed by atoms with E-state index in [-0.39, 0.29) is 5.91 Å². The quantitative estimate of drug-likeness (QED) is 0.536. The molecule has 142 valence electrons. The van der Waals surface area contributed by atoms with Crippen LogP contribution in [-0.2, 0) is 14.3 Å². The summed E-state index contributed by atoms with van der Waals surface area (Å²) in [5.74, 6) is -0.117. The van der Waals surface area contributed by atoms with Crippen LogP contribution in [0.5, 0.6) is 0 Å². The lowest BCUT2D eigenvalue weighted by molar-refractivity contribution is -0.122. The van der Waals surface area contributed by atoms with E-state index in [9.17, 15) is 4.79 Å². The lowest BCUT2D eigenvalue weighted by atomic mass is 10.2. The molecule has 0 heterocycles. The van der Waals surface area contributed by atoms with Gasteiger partial charge in [0.05, 0.1) is 25.9 Å². The smallest absolute Gasteiger partial charge is 0.236 e. The maximum Gasteiger partial charge on any atom is 0.236 e. The van der Waals surface area contributed by atoms with Crippen molar-refractivity contribution in [2.75, 3.05) is 33.0 Å². The van der Waals surface area contributed by atoms with E-state index in [1.165, 1.54) is 19.3 Å². The summed E-state index contributed by atoms with van der Waals surface area (Å²) in [6, 6.07) is -0.409. The second-order valence-electron chi connectivity index (χ2n) is 4.88. The van der Waals surface area contributed by atoms with E-state index in [2.05, 4.69) is 26.1 Å². The highest BCUT2D eigenvalue weighted by Gasteiger charge is 2.08. The monoisotopic (exact) mass is 334 g/mol. The molecule has 0 bridgehead atoms. The van der Waals surface area contributed by atoms with Gasteiger partial charge in [0.25, 0.3) is 0 Å². The Morgan fingerprint density at radius 1 is 0.913 bits per heavy atom. The molecule has 0 spiro atoms. The van der Waals surface area contributed by atoms with Crippen LogP contribution in [-0.4, -0.2) is 44.9 Å². The highest BCUT2D eigenvalue weighted by molar-refractivity contribution is 5.81. The van der Waals surface area contributed by atoms with Crippen molar-refractivity contribution in [3.05, 3.63) is 0 Å². The molecule has 0 aliphatic carbocycles. The van der Waals surface area contributed by atoms with Gasteiger partial charge in [-0.3, -0.25) is 4.79 Å². The number of ether oxygens (including phenoxy) is 2. The highest BCUT2D eigenvalue weighted by atomic mass is 16.5. The van der Waals surface area contributed by atoms with Gasteiger partial charge >= 0.3 is 0 Å². The Labute approximate surface area is 144 Å². The molecule has 0 rings (SSSR count). The minimum Gasteiger partial charge on any atom is -0.379 e. The van der Waals surface area contributed by atoms with E-state index in [4.69, 9.17) is 15.2 Å². The van der Waals surface area contributed by atoms with E-state index in [0.29, 0.717) is 32.8 Å². The van der Waals surface area contributed by atoms with Gasteiger partial charge in [-0.15, -0.1) is 0 Å². The van der Waals surface area contributed by atoms with Crippen molar-refractivity contribution in [1.82, 2.24) is 5.32 Å². The van der Waals surface area contributed by atoms with Crippen molar-refractivity contribution >= 4 is 5.91 Å². The van der Waals surface area contributed by atoms with Crippen LogP contribution < -0.4 is 11.1 Å². The molecule has 1 unspecified atom stereocenters. The molecule has 0 fully saturated rings. The van der Waals surface area contributed by atoms with Gasteiger partial charge in [-0.05, 0) is 12.8 Å². The van der Waals surface area contributed by atoms with Crippen molar-refractivity contribution in [2.24, 2.45) is 5.73 Å². The summed E-state index contributed by atoms with van der Waals surface area (Å²) in [4.78, 5) is 11.2. The maximum atomic E-state index is 11.2. The van der Waals surface area contributed by atoms with Gasteiger partial charge in [-0.25, -0.2) is 0 Å². The molecule has 0 aliphatic heterocycles. The van der Waals surface area contributed by atoms with Crippen LogP contribution in [0.2, 0.25) is 0 Å². The third-order valence-electron chi connectivity index (χ3n) is 2.75. The van der Waals surface area contributed by atoms with E-state index in [1.54, 1.807) is 0 Å². The van der Waals surface area contributed by atoms with Crippen LogP contribution in [0, 0.1) is 0 Å². The van der Waals surface area contributed by atoms with Gasteiger partial charge in [-0.1, -0.05) is 60.8 Å². The minimum absolute atomic E-state index is 0.117. The average molecular weight is 335 g/mol. The van der Waals surface area contributed by atoms with E-state index in [1.807, 2.05) is 20.8 Å².